The van der Waals surface area contributed by atoms with E-state index >= 15 is 0 Å². The van der Waals surface area contributed by atoms with Crippen molar-refractivity contribution in [3.8, 4) is 0 Å². The van der Waals surface area contributed by atoms with Gasteiger partial charge in [-0.2, -0.15) is 0 Å². The van der Waals surface area contributed by atoms with Crippen molar-refractivity contribution in [2.24, 2.45) is 5.73 Å². The van der Waals surface area contributed by atoms with Crippen LogP contribution in [-0.2, 0) is 6.42 Å². The van der Waals surface area contributed by atoms with Gasteiger partial charge in [0.15, 0.2) is 0 Å². The third-order valence-corrected chi connectivity index (χ3v) is 3.74. The molecule has 0 radical (unpaired) electrons. The molecule has 0 bridgehead atoms. The van der Waals surface area contributed by atoms with Crippen LogP contribution in [0, 0.1) is 3.57 Å². The van der Waals surface area contributed by atoms with E-state index in [-0.39, 0.29) is 12.1 Å². The van der Waals surface area contributed by atoms with Crippen LogP contribution in [-0.4, -0.2) is 16.0 Å². The topological polar surface area (TPSA) is 63.8 Å². The molecule has 92 valence electrons. The van der Waals surface area contributed by atoms with Crippen LogP contribution in [0.25, 0.3) is 0 Å². The van der Waals surface area contributed by atoms with Crippen molar-refractivity contribution in [2.45, 2.75) is 18.5 Å². The minimum atomic E-state index is 0.0743. The molecule has 0 amide bonds. The Morgan fingerprint density at radius 2 is 1.94 bits per heavy atom. The Morgan fingerprint density at radius 3 is 2.72 bits per heavy atom. The number of nitrogens with zero attached hydrogens (tertiary/aromatic N) is 2. The number of benzene rings is 1. The molecule has 2 unspecified atom stereocenters. The van der Waals surface area contributed by atoms with Gasteiger partial charge in [0, 0.05) is 22.0 Å². The summed E-state index contributed by atoms with van der Waals surface area (Å²) < 4.78 is 1.02. The van der Waals surface area contributed by atoms with E-state index < -0.39 is 0 Å². The highest BCUT2D eigenvalue weighted by Crippen LogP contribution is 2.32. The van der Waals surface area contributed by atoms with E-state index in [4.69, 9.17) is 5.73 Å². The summed E-state index contributed by atoms with van der Waals surface area (Å²) in [5.41, 5.74) is 8.76. The highest BCUT2D eigenvalue weighted by atomic mass is 127. The number of nitrogens with two attached hydrogens (primary N) is 1. The maximum absolute atomic E-state index is 6.19. The zero-order valence-corrected chi connectivity index (χ0v) is 11.8. The van der Waals surface area contributed by atoms with Crippen molar-refractivity contribution in [1.29, 1.82) is 0 Å². The molecule has 1 aliphatic carbocycles. The van der Waals surface area contributed by atoms with Gasteiger partial charge in [-0.1, -0.05) is 24.3 Å². The van der Waals surface area contributed by atoms with Crippen LogP contribution in [0.3, 0.4) is 0 Å². The lowest BCUT2D eigenvalue weighted by Gasteiger charge is -2.18. The Bertz CT molecular complexity index is 555. The number of aromatic nitrogens is 2. The van der Waals surface area contributed by atoms with Crippen molar-refractivity contribution in [1.82, 2.24) is 9.97 Å². The van der Waals surface area contributed by atoms with Gasteiger partial charge in [0.2, 0.25) is 5.95 Å². The van der Waals surface area contributed by atoms with Gasteiger partial charge in [0.05, 0.1) is 6.04 Å². The Hall–Kier alpha value is -1.21. The quantitative estimate of drug-likeness (QED) is 0.813. The van der Waals surface area contributed by atoms with E-state index in [9.17, 15) is 0 Å². The summed E-state index contributed by atoms with van der Waals surface area (Å²) >= 11 is 2.19. The van der Waals surface area contributed by atoms with Crippen LogP contribution < -0.4 is 11.1 Å². The number of hydrogen-bond acceptors (Lipinski definition) is 4. The minimum absolute atomic E-state index is 0.0743. The molecule has 0 aliphatic heterocycles. The minimum Gasteiger partial charge on any atom is -0.346 e. The maximum Gasteiger partial charge on any atom is 0.223 e. The largest absolute Gasteiger partial charge is 0.346 e. The fourth-order valence-electron chi connectivity index (χ4n) is 2.34. The monoisotopic (exact) mass is 352 g/mol. The maximum atomic E-state index is 6.19. The summed E-state index contributed by atoms with van der Waals surface area (Å²) in [5, 5.41) is 3.32. The summed E-state index contributed by atoms with van der Waals surface area (Å²) in [5.74, 6) is 0.632. The van der Waals surface area contributed by atoms with E-state index in [0.29, 0.717) is 5.95 Å². The second kappa shape index (κ2) is 4.81. The molecule has 1 heterocycles. The SMILES string of the molecule is NC1Cc2ccccc2C1Nc1ncc(I)cn1. The number of hydrogen-bond donors (Lipinski definition) is 2. The Kier molecular flexibility index (Phi) is 3.17. The second-order valence-corrected chi connectivity index (χ2v) is 5.66. The van der Waals surface area contributed by atoms with Gasteiger partial charge in [-0.25, -0.2) is 9.97 Å². The first-order chi connectivity index (χ1) is 8.74. The Labute approximate surface area is 119 Å². The van der Waals surface area contributed by atoms with Crippen molar-refractivity contribution >= 4 is 28.5 Å². The average molecular weight is 352 g/mol. The first-order valence-electron chi connectivity index (χ1n) is 5.81. The van der Waals surface area contributed by atoms with Crippen LogP contribution in [0.5, 0.6) is 0 Å². The third kappa shape index (κ3) is 2.20. The van der Waals surface area contributed by atoms with Crippen LogP contribution >= 0.6 is 22.6 Å². The zero-order chi connectivity index (χ0) is 12.5. The van der Waals surface area contributed by atoms with Gasteiger partial charge < -0.3 is 11.1 Å². The molecule has 1 aromatic heterocycles. The fraction of sp³-hybridized carbons (Fsp3) is 0.231. The average Bonchev–Trinajstić information content (AvgIpc) is 2.69. The van der Waals surface area contributed by atoms with Crippen molar-refractivity contribution in [3.63, 3.8) is 0 Å². The molecular weight excluding hydrogens is 339 g/mol. The van der Waals surface area contributed by atoms with E-state index in [2.05, 4.69) is 56.1 Å². The lowest BCUT2D eigenvalue weighted by atomic mass is 10.1. The number of nitrogens with one attached hydrogen (secondary N) is 1. The summed E-state index contributed by atoms with van der Waals surface area (Å²) in [6, 6.07) is 8.51. The molecule has 3 rings (SSSR count). The Balaban J connectivity index is 1.87. The molecular formula is C13H13IN4. The number of fused-ring (bicyclic) bond motifs is 1. The van der Waals surface area contributed by atoms with Crippen LogP contribution in [0.1, 0.15) is 17.2 Å². The molecule has 5 heteroatoms. The van der Waals surface area contributed by atoms with Gasteiger partial charge in [0.25, 0.3) is 0 Å². The molecule has 4 nitrogen and oxygen atoms in total. The van der Waals surface area contributed by atoms with Crippen molar-refractivity contribution in [3.05, 3.63) is 51.4 Å². The molecule has 18 heavy (non-hydrogen) atoms. The summed E-state index contributed by atoms with van der Waals surface area (Å²) in [7, 11) is 0. The highest BCUT2D eigenvalue weighted by Gasteiger charge is 2.29. The first-order valence-corrected chi connectivity index (χ1v) is 6.89. The molecule has 0 spiro atoms. The Morgan fingerprint density at radius 1 is 1.22 bits per heavy atom. The molecule has 1 aliphatic rings. The smallest absolute Gasteiger partial charge is 0.223 e. The molecule has 2 atom stereocenters. The van der Waals surface area contributed by atoms with E-state index in [1.165, 1.54) is 11.1 Å². The summed E-state index contributed by atoms with van der Waals surface area (Å²) in [6.07, 6.45) is 4.49. The van der Waals surface area contributed by atoms with Gasteiger partial charge in [-0.05, 0) is 40.1 Å². The lowest BCUT2D eigenvalue weighted by Crippen LogP contribution is -2.30. The standard InChI is InChI=1S/C13H13IN4/c14-9-6-16-13(17-7-9)18-12-10-4-2-1-3-8(10)5-11(12)15/h1-4,6-7,11-12H,5,15H2,(H,16,17,18). The lowest BCUT2D eigenvalue weighted by molar-refractivity contribution is 0.621. The summed E-state index contributed by atoms with van der Waals surface area (Å²) in [4.78, 5) is 8.53. The van der Waals surface area contributed by atoms with Crippen molar-refractivity contribution in [2.75, 3.05) is 5.32 Å². The van der Waals surface area contributed by atoms with Gasteiger partial charge >= 0.3 is 0 Å². The fourth-order valence-corrected chi connectivity index (χ4v) is 2.62. The predicted octanol–water partition coefficient (Wildman–Crippen LogP) is 2.12. The zero-order valence-electron chi connectivity index (χ0n) is 9.68. The van der Waals surface area contributed by atoms with Gasteiger partial charge in [-0.3, -0.25) is 0 Å². The highest BCUT2D eigenvalue weighted by molar-refractivity contribution is 14.1. The normalized spacial score (nSPS) is 21.7. The molecule has 0 fully saturated rings. The number of rotatable bonds is 2. The molecule has 0 saturated carbocycles. The second-order valence-electron chi connectivity index (χ2n) is 4.41. The third-order valence-electron chi connectivity index (χ3n) is 3.18. The van der Waals surface area contributed by atoms with Gasteiger partial charge in [0.1, 0.15) is 0 Å². The van der Waals surface area contributed by atoms with E-state index in [0.717, 1.165) is 9.99 Å². The van der Waals surface area contributed by atoms with Crippen molar-refractivity contribution < 1.29 is 0 Å². The van der Waals surface area contributed by atoms with E-state index in [1.54, 1.807) is 12.4 Å². The van der Waals surface area contributed by atoms with Gasteiger partial charge in [-0.15, -0.1) is 0 Å². The van der Waals surface area contributed by atoms with Crippen LogP contribution in [0.15, 0.2) is 36.7 Å². The van der Waals surface area contributed by atoms with Crippen LogP contribution in [0.2, 0.25) is 0 Å². The molecule has 2 aromatic rings. The molecule has 0 saturated heterocycles. The van der Waals surface area contributed by atoms with Crippen LogP contribution in [0.4, 0.5) is 5.95 Å². The molecule has 3 N–H and O–H groups in total. The summed E-state index contributed by atoms with van der Waals surface area (Å²) in [6.45, 7) is 0. The number of anilines is 1. The first kappa shape index (κ1) is 11.9. The number of halogens is 1. The van der Waals surface area contributed by atoms with E-state index in [1.807, 2.05) is 6.07 Å². The molecule has 1 aromatic carbocycles. The predicted molar refractivity (Wildman–Crippen MR) is 79.2 cm³/mol.